The van der Waals surface area contributed by atoms with Gasteiger partial charge in [0.15, 0.2) is 5.82 Å². The third-order valence-corrected chi connectivity index (χ3v) is 3.43. The lowest BCUT2D eigenvalue weighted by Gasteiger charge is -2.33. The molecule has 2 heterocycles. The fourth-order valence-corrected chi connectivity index (χ4v) is 2.42. The lowest BCUT2D eigenvalue weighted by atomic mass is 10.1. The number of carbonyl (C=O) groups excluding carboxylic acids is 1. The van der Waals surface area contributed by atoms with Gasteiger partial charge < -0.3 is 19.9 Å². The molecular formula is C15H25N5O2. The van der Waals surface area contributed by atoms with Crippen molar-refractivity contribution in [1.82, 2.24) is 20.2 Å². The summed E-state index contributed by atoms with van der Waals surface area (Å²) in [7, 11) is 3.81. The molecule has 1 aromatic heterocycles. The van der Waals surface area contributed by atoms with Gasteiger partial charge in [0.25, 0.3) is 5.88 Å². The largest absolute Gasteiger partial charge is 0.470 e. The predicted molar refractivity (Wildman–Crippen MR) is 85.2 cm³/mol. The molecule has 0 aromatic carbocycles. The smallest absolute Gasteiger partial charge is 0.317 e. The molecule has 2 amide bonds. The summed E-state index contributed by atoms with van der Waals surface area (Å²) in [5.74, 6) is 1.22. The van der Waals surface area contributed by atoms with E-state index in [1.807, 2.05) is 32.8 Å². The number of hydrogen-bond donors (Lipinski definition) is 1. The number of carbonyl (C=O) groups is 1. The number of hydrogen-bond acceptors (Lipinski definition) is 5. The van der Waals surface area contributed by atoms with Crippen LogP contribution in [0.2, 0.25) is 0 Å². The van der Waals surface area contributed by atoms with Crippen LogP contribution in [-0.4, -0.2) is 60.2 Å². The molecule has 1 unspecified atom stereocenters. The maximum absolute atomic E-state index is 12.1. The minimum atomic E-state index is -0.0536. The van der Waals surface area contributed by atoms with E-state index in [1.54, 1.807) is 17.3 Å². The molecule has 1 atom stereocenters. The third-order valence-electron chi connectivity index (χ3n) is 3.43. The number of amides is 2. The van der Waals surface area contributed by atoms with Crippen LogP contribution in [0.1, 0.15) is 26.7 Å². The summed E-state index contributed by atoms with van der Waals surface area (Å²) in [4.78, 5) is 24.3. The second-order valence-electron chi connectivity index (χ2n) is 6.01. The van der Waals surface area contributed by atoms with Crippen LogP contribution in [0.3, 0.4) is 0 Å². The lowest BCUT2D eigenvalue weighted by molar-refractivity contribution is 0.0972. The Morgan fingerprint density at radius 2 is 2.14 bits per heavy atom. The van der Waals surface area contributed by atoms with Gasteiger partial charge in [-0.1, -0.05) is 0 Å². The maximum Gasteiger partial charge on any atom is 0.317 e. The van der Waals surface area contributed by atoms with Crippen molar-refractivity contribution in [2.45, 2.75) is 38.8 Å². The molecule has 1 aliphatic rings. The molecule has 7 heteroatoms. The number of rotatable bonds is 4. The molecule has 1 N–H and O–H groups in total. The number of ether oxygens (including phenoxy) is 1. The van der Waals surface area contributed by atoms with Crippen molar-refractivity contribution in [1.29, 1.82) is 0 Å². The first-order valence-corrected chi connectivity index (χ1v) is 7.67. The van der Waals surface area contributed by atoms with Gasteiger partial charge in [-0.3, -0.25) is 0 Å². The molecule has 0 radical (unpaired) electrons. The average Bonchev–Trinajstić information content (AvgIpc) is 2.47. The summed E-state index contributed by atoms with van der Waals surface area (Å²) in [6, 6.07) is 0.101. The fourth-order valence-electron chi connectivity index (χ4n) is 2.42. The van der Waals surface area contributed by atoms with Crippen LogP contribution in [0.25, 0.3) is 0 Å². The Kier molecular flexibility index (Phi) is 5.41. The molecule has 7 nitrogen and oxygen atoms in total. The van der Waals surface area contributed by atoms with E-state index >= 15 is 0 Å². The van der Waals surface area contributed by atoms with Gasteiger partial charge in [0.1, 0.15) is 6.10 Å². The van der Waals surface area contributed by atoms with Gasteiger partial charge in [0, 0.05) is 39.1 Å². The highest BCUT2D eigenvalue weighted by Gasteiger charge is 2.26. The van der Waals surface area contributed by atoms with Crippen LogP contribution in [0, 0.1) is 0 Å². The Balaban J connectivity index is 2.00. The van der Waals surface area contributed by atoms with Gasteiger partial charge in [0.05, 0.1) is 6.54 Å². The van der Waals surface area contributed by atoms with E-state index in [0.717, 1.165) is 19.4 Å². The zero-order chi connectivity index (χ0) is 16.1. The molecule has 0 spiro atoms. The standard InChI is InChI=1S/C15H25N5O2/c1-11(2)18-15(21)20-9-5-6-12(10-20)22-14-13(19(3)4)16-7-8-17-14/h7-8,11-12H,5-6,9-10H2,1-4H3,(H,18,21). The normalized spacial score (nSPS) is 18.2. The summed E-state index contributed by atoms with van der Waals surface area (Å²) >= 11 is 0. The quantitative estimate of drug-likeness (QED) is 0.913. The fraction of sp³-hybridized carbons (Fsp3) is 0.667. The van der Waals surface area contributed by atoms with Gasteiger partial charge in [-0.15, -0.1) is 0 Å². The topological polar surface area (TPSA) is 70.6 Å². The van der Waals surface area contributed by atoms with Gasteiger partial charge in [0.2, 0.25) is 0 Å². The van der Waals surface area contributed by atoms with E-state index in [9.17, 15) is 4.79 Å². The second kappa shape index (κ2) is 7.29. The molecule has 1 saturated heterocycles. The Morgan fingerprint density at radius 1 is 1.41 bits per heavy atom. The summed E-state index contributed by atoms with van der Waals surface area (Å²) in [5, 5.41) is 2.92. The molecule has 0 aliphatic carbocycles. The summed E-state index contributed by atoms with van der Waals surface area (Å²) in [6.45, 7) is 5.25. The highest BCUT2D eigenvalue weighted by atomic mass is 16.5. The first kappa shape index (κ1) is 16.3. The highest BCUT2D eigenvalue weighted by Crippen LogP contribution is 2.24. The SMILES string of the molecule is CC(C)NC(=O)N1CCCC(Oc2nccnc2N(C)C)C1. The van der Waals surface area contributed by atoms with Crippen molar-refractivity contribution in [3.63, 3.8) is 0 Å². The number of piperidine rings is 1. The van der Waals surface area contributed by atoms with Crippen LogP contribution < -0.4 is 15.0 Å². The molecule has 0 saturated carbocycles. The van der Waals surface area contributed by atoms with Crippen LogP contribution >= 0.6 is 0 Å². The summed E-state index contributed by atoms with van der Waals surface area (Å²) in [5.41, 5.74) is 0. The average molecular weight is 307 g/mol. The molecule has 0 bridgehead atoms. The number of anilines is 1. The lowest BCUT2D eigenvalue weighted by Crippen LogP contribution is -2.50. The second-order valence-corrected chi connectivity index (χ2v) is 6.01. The number of urea groups is 1. The van der Waals surface area contributed by atoms with Crippen molar-refractivity contribution in [2.75, 3.05) is 32.1 Å². The molecule has 1 aliphatic heterocycles. The third kappa shape index (κ3) is 4.22. The van der Waals surface area contributed by atoms with Crippen molar-refractivity contribution in [3.05, 3.63) is 12.4 Å². The number of likely N-dealkylation sites (tertiary alicyclic amines) is 1. The van der Waals surface area contributed by atoms with Crippen LogP contribution in [0.4, 0.5) is 10.6 Å². The Hall–Kier alpha value is -2.05. The molecule has 122 valence electrons. The molecular weight excluding hydrogens is 282 g/mol. The molecule has 1 aromatic rings. The van der Waals surface area contributed by atoms with Gasteiger partial charge >= 0.3 is 6.03 Å². The number of aromatic nitrogens is 2. The van der Waals surface area contributed by atoms with Gasteiger partial charge in [-0.25, -0.2) is 14.8 Å². The predicted octanol–water partition coefficient (Wildman–Crippen LogP) is 1.50. The van der Waals surface area contributed by atoms with E-state index in [2.05, 4.69) is 15.3 Å². The minimum absolute atomic E-state index is 0.0321. The first-order chi connectivity index (χ1) is 10.5. The van der Waals surface area contributed by atoms with E-state index in [0.29, 0.717) is 18.2 Å². The summed E-state index contributed by atoms with van der Waals surface area (Å²) in [6.07, 6.45) is 5.05. The number of nitrogens with zero attached hydrogens (tertiary/aromatic N) is 4. The van der Waals surface area contributed by atoms with Gasteiger partial charge in [-0.05, 0) is 26.7 Å². The Morgan fingerprint density at radius 3 is 2.82 bits per heavy atom. The van der Waals surface area contributed by atoms with Crippen molar-refractivity contribution in [2.24, 2.45) is 0 Å². The Labute approximate surface area is 131 Å². The van der Waals surface area contributed by atoms with Crippen molar-refractivity contribution < 1.29 is 9.53 Å². The van der Waals surface area contributed by atoms with Crippen LogP contribution in [-0.2, 0) is 0 Å². The van der Waals surface area contributed by atoms with Crippen molar-refractivity contribution in [3.8, 4) is 5.88 Å². The van der Waals surface area contributed by atoms with Gasteiger partial charge in [-0.2, -0.15) is 0 Å². The van der Waals surface area contributed by atoms with E-state index in [1.165, 1.54) is 0 Å². The molecule has 1 fully saturated rings. The Bertz CT molecular complexity index is 506. The van der Waals surface area contributed by atoms with Crippen molar-refractivity contribution >= 4 is 11.8 Å². The van der Waals surface area contributed by atoms with E-state index in [-0.39, 0.29) is 18.2 Å². The highest BCUT2D eigenvalue weighted by molar-refractivity contribution is 5.74. The molecule has 22 heavy (non-hydrogen) atoms. The van der Waals surface area contributed by atoms with Crippen LogP contribution in [0.5, 0.6) is 5.88 Å². The maximum atomic E-state index is 12.1. The van der Waals surface area contributed by atoms with Crippen LogP contribution in [0.15, 0.2) is 12.4 Å². The number of nitrogens with one attached hydrogen (secondary N) is 1. The van der Waals surface area contributed by atoms with E-state index < -0.39 is 0 Å². The monoisotopic (exact) mass is 307 g/mol. The minimum Gasteiger partial charge on any atom is -0.470 e. The van der Waals surface area contributed by atoms with E-state index in [4.69, 9.17) is 4.74 Å². The first-order valence-electron chi connectivity index (χ1n) is 7.67. The molecule has 2 rings (SSSR count). The summed E-state index contributed by atoms with van der Waals surface area (Å²) < 4.78 is 6.00. The zero-order valence-electron chi connectivity index (χ0n) is 13.7. The zero-order valence-corrected chi connectivity index (χ0v) is 13.7.